The fraction of sp³-hybridized carbons (Fsp3) is 0.222. The highest BCUT2D eigenvalue weighted by Crippen LogP contribution is 2.26. The molecule has 1 amide bonds. The first-order chi connectivity index (χ1) is 15.0. The van der Waals surface area contributed by atoms with Crippen molar-refractivity contribution in [3.05, 3.63) is 95.8 Å². The molecule has 31 heavy (non-hydrogen) atoms. The van der Waals surface area contributed by atoms with Crippen LogP contribution >= 0.6 is 0 Å². The first-order valence-electron chi connectivity index (χ1n) is 10.7. The maximum Gasteiger partial charge on any atom is 0.252 e. The van der Waals surface area contributed by atoms with Crippen molar-refractivity contribution in [3.8, 4) is 11.3 Å². The maximum atomic E-state index is 13.2. The molecule has 0 radical (unpaired) electrons. The van der Waals surface area contributed by atoms with Crippen molar-refractivity contribution >= 4 is 16.8 Å². The number of hydrogen-bond acceptors (Lipinski definition) is 3. The van der Waals surface area contributed by atoms with Crippen LogP contribution in [0, 0.1) is 5.92 Å². The summed E-state index contributed by atoms with van der Waals surface area (Å²) in [6, 6.07) is 21.9. The van der Waals surface area contributed by atoms with Gasteiger partial charge in [0.15, 0.2) is 0 Å². The third-order valence-electron chi connectivity index (χ3n) is 5.41. The highest BCUT2D eigenvalue weighted by molar-refractivity contribution is 6.07. The SMILES string of the molecule is CC(C)Cc1ccc(-c2cc(C(=O)N[C@H](C)c3ccncc3)c3ccccc3n2)cc1. The number of para-hydroxylation sites is 1. The number of hydrogen-bond donors (Lipinski definition) is 1. The second kappa shape index (κ2) is 9.09. The summed E-state index contributed by atoms with van der Waals surface area (Å²) in [6.07, 6.45) is 4.52. The van der Waals surface area contributed by atoms with Gasteiger partial charge < -0.3 is 5.32 Å². The second-order valence-corrected chi connectivity index (χ2v) is 8.34. The van der Waals surface area contributed by atoms with Crippen molar-refractivity contribution in [1.29, 1.82) is 0 Å². The van der Waals surface area contributed by atoms with Crippen LogP contribution in [0.2, 0.25) is 0 Å². The van der Waals surface area contributed by atoms with Gasteiger partial charge in [0.25, 0.3) is 5.91 Å². The van der Waals surface area contributed by atoms with E-state index in [0.29, 0.717) is 11.5 Å². The molecule has 0 spiro atoms. The quantitative estimate of drug-likeness (QED) is 0.426. The number of aromatic nitrogens is 2. The normalized spacial score (nSPS) is 12.1. The molecule has 0 aliphatic rings. The number of nitrogens with one attached hydrogen (secondary N) is 1. The Labute approximate surface area is 183 Å². The summed E-state index contributed by atoms with van der Waals surface area (Å²) >= 11 is 0. The van der Waals surface area contributed by atoms with E-state index in [1.807, 2.05) is 49.4 Å². The molecule has 0 unspecified atom stereocenters. The van der Waals surface area contributed by atoms with Crippen LogP contribution in [0.5, 0.6) is 0 Å². The molecule has 2 aromatic carbocycles. The zero-order valence-electron chi connectivity index (χ0n) is 18.2. The van der Waals surface area contributed by atoms with Gasteiger partial charge in [0.05, 0.1) is 22.8 Å². The van der Waals surface area contributed by atoms with E-state index in [4.69, 9.17) is 4.98 Å². The minimum Gasteiger partial charge on any atom is -0.345 e. The zero-order valence-corrected chi connectivity index (χ0v) is 18.2. The van der Waals surface area contributed by atoms with Crippen molar-refractivity contribution < 1.29 is 4.79 Å². The number of benzene rings is 2. The minimum absolute atomic E-state index is 0.111. The Balaban J connectivity index is 1.69. The van der Waals surface area contributed by atoms with Crippen LogP contribution in [0.3, 0.4) is 0 Å². The number of fused-ring (bicyclic) bond motifs is 1. The number of pyridine rings is 2. The fourth-order valence-corrected chi connectivity index (χ4v) is 3.80. The molecule has 4 aromatic rings. The summed E-state index contributed by atoms with van der Waals surface area (Å²) in [5.41, 5.74) is 5.58. The lowest BCUT2D eigenvalue weighted by atomic mass is 9.99. The van der Waals surface area contributed by atoms with Gasteiger partial charge in [-0.2, -0.15) is 0 Å². The van der Waals surface area contributed by atoms with E-state index >= 15 is 0 Å². The number of carbonyl (C=O) groups excluding carboxylic acids is 1. The topological polar surface area (TPSA) is 54.9 Å². The van der Waals surface area contributed by atoms with Gasteiger partial charge in [-0.3, -0.25) is 9.78 Å². The van der Waals surface area contributed by atoms with E-state index in [1.54, 1.807) is 12.4 Å². The van der Waals surface area contributed by atoms with Gasteiger partial charge >= 0.3 is 0 Å². The van der Waals surface area contributed by atoms with Crippen LogP contribution in [0.4, 0.5) is 0 Å². The van der Waals surface area contributed by atoms with Crippen molar-refractivity contribution in [3.63, 3.8) is 0 Å². The minimum atomic E-state index is -0.124. The predicted molar refractivity (Wildman–Crippen MR) is 126 cm³/mol. The van der Waals surface area contributed by atoms with Crippen LogP contribution in [-0.2, 0) is 6.42 Å². The molecule has 2 aromatic heterocycles. The van der Waals surface area contributed by atoms with Crippen molar-refractivity contribution in [1.82, 2.24) is 15.3 Å². The molecule has 4 rings (SSSR count). The molecule has 0 aliphatic heterocycles. The van der Waals surface area contributed by atoms with Crippen LogP contribution in [-0.4, -0.2) is 15.9 Å². The Hall–Kier alpha value is -3.53. The Morgan fingerprint density at radius 3 is 2.35 bits per heavy atom. The van der Waals surface area contributed by atoms with Crippen molar-refractivity contribution in [2.45, 2.75) is 33.2 Å². The summed E-state index contributed by atoms with van der Waals surface area (Å²) in [5.74, 6) is 0.503. The molecule has 4 nitrogen and oxygen atoms in total. The van der Waals surface area contributed by atoms with Crippen LogP contribution in [0.15, 0.2) is 79.1 Å². The van der Waals surface area contributed by atoms with Gasteiger partial charge in [-0.15, -0.1) is 0 Å². The first-order valence-corrected chi connectivity index (χ1v) is 10.7. The molecular weight excluding hydrogens is 382 g/mol. The molecule has 0 saturated carbocycles. The van der Waals surface area contributed by atoms with E-state index < -0.39 is 0 Å². The van der Waals surface area contributed by atoms with Gasteiger partial charge in [0.2, 0.25) is 0 Å². The van der Waals surface area contributed by atoms with Gasteiger partial charge in [-0.25, -0.2) is 4.98 Å². The molecule has 4 heteroatoms. The highest BCUT2D eigenvalue weighted by atomic mass is 16.1. The van der Waals surface area contributed by atoms with E-state index in [0.717, 1.165) is 34.1 Å². The lowest BCUT2D eigenvalue weighted by Gasteiger charge is -2.16. The Kier molecular flexibility index (Phi) is 6.08. The largest absolute Gasteiger partial charge is 0.345 e. The van der Waals surface area contributed by atoms with Gasteiger partial charge in [-0.05, 0) is 54.7 Å². The summed E-state index contributed by atoms with van der Waals surface area (Å²) in [7, 11) is 0. The molecule has 1 N–H and O–H groups in total. The van der Waals surface area contributed by atoms with E-state index in [-0.39, 0.29) is 11.9 Å². The highest BCUT2D eigenvalue weighted by Gasteiger charge is 2.16. The maximum absolute atomic E-state index is 13.2. The van der Waals surface area contributed by atoms with Gasteiger partial charge in [-0.1, -0.05) is 56.3 Å². The third-order valence-corrected chi connectivity index (χ3v) is 5.41. The molecule has 0 aliphatic carbocycles. The number of rotatable bonds is 6. The first kappa shape index (κ1) is 20.7. The number of amides is 1. The molecule has 0 saturated heterocycles. The van der Waals surface area contributed by atoms with Crippen LogP contribution in [0.1, 0.15) is 48.3 Å². The molecular formula is C27H27N3O. The smallest absolute Gasteiger partial charge is 0.252 e. The molecule has 0 fully saturated rings. The standard InChI is InChI=1S/C27H27N3O/c1-18(2)16-20-8-10-22(11-9-20)26-17-24(23-6-4-5-7-25(23)30-26)27(31)29-19(3)21-12-14-28-15-13-21/h4-15,17-19H,16H2,1-3H3,(H,29,31)/t19-/m1/s1. The molecule has 1 atom stereocenters. The lowest BCUT2D eigenvalue weighted by molar-refractivity contribution is 0.0941. The summed E-state index contributed by atoms with van der Waals surface area (Å²) in [6.45, 7) is 6.41. The van der Waals surface area contributed by atoms with E-state index in [1.165, 1.54) is 5.56 Å². The average molecular weight is 410 g/mol. The summed E-state index contributed by atoms with van der Waals surface area (Å²) in [4.78, 5) is 22.1. The number of nitrogens with zero attached hydrogens (tertiary/aromatic N) is 2. The summed E-state index contributed by atoms with van der Waals surface area (Å²) < 4.78 is 0. The monoisotopic (exact) mass is 409 g/mol. The third kappa shape index (κ3) is 4.80. The lowest BCUT2D eigenvalue weighted by Crippen LogP contribution is -2.27. The van der Waals surface area contributed by atoms with Crippen LogP contribution < -0.4 is 5.32 Å². The Morgan fingerprint density at radius 1 is 0.935 bits per heavy atom. The summed E-state index contributed by atoms with van der Waals surface area (Å²) in [5, 5.41) is 3.97. The van der Waals surface area contributed by atoms with Crippen LogP contribution in [0.25, 0.3) is 22.2 Å². The predicted octanol–water partition coefficient (Wildman–Crippen LogP) is 5.99. The Bertz CT molecular complexity index is 1180. The molecule has 2 heterocycles. The molecule has 0 bridgehead atoms. The average Bonchev–Trinajstić information content (AvgIpc) is 2.79. The Morgan fingerprint density at radius 2 is 1.65 bits per heavy atom. The van der Waals surface area contributed by atoms with Crippen molar-refractivity contribution in [2.24, 2.45) is 5.92 Å². The van der Waals surface area contributed by atoms with Gasteiger partial charge in [0, 0.05) is 23.3 Å². The van der Waals surface area contributed by atoms with E-state index in [9.17, 15) is 4.79 Å². The molecule has 156 valence electrons. The zero-order chi connectivity index (χ0) is 21.8. The number of carbonyl (C=O) groups is 1. The van der Waals surface area contributed by atoms with Gasteiger partial charge in [0.1, 0.15) is 0 Å². The fourth-order valence-electron chi connectivity index (χ4n) is 3.80. The second-order valence-electron chi connectivity index (χ2n) is 8.34. The van der Waals surface area contributed by atoms with E-state index in [2.05, 4.69) is 48.4 Å². The van der Waals surface area contributed by atoms with Crippen molar-refractivity contribution in [2.75, 3.05) is 0 Å².